The third-order valence-electron chi connectivity index (χ3n) is 6.16. The SMILES string of the molecule is CC#CCn1c(N2CCCC(N)C2)nc2c1c(=O)n(Cc1ccc(OC)c(OC)c1)c(=O)n2C. The van der Waals surface area contributed by atoms with Gasteiger partial charge in [-0.05, 0) is 37.5 Å². The first kappa shape index (κ1) is 23.4. The highest BCUT2D eigenvalue weighted by molar-refractivity contribution is 5.75. The van der Waals surface area contributed by atoms with Gasteiger partial charge in [-0.3, -0.25) is 18.5 Å². The van der Waals surface area contributed by atoms with Crippen molar-refractivity contribution in [1.82, 2.24) is 18.7 Å². The number of hydrogen-bond acceptors (Lipinski definition) is 7. The van der Waals surface area contributed by atoms with Crippen molar-refractivity contribution in [3.8, 4) is 23.3 Å². The van der Waals surface area contributed by atoms with Crippen LogP contribution in [-0.4, -0.2) is 52.0 Å². The van der Waals surface area contributed by atoms with Crippen molar-refractivity contribution in [2.24, 2.45) is 12.8 Å². The molecule has 2 N–H and O–H groups in total. The number of ether oxygens (including phenoxy) is 2. The Bertz CT molecular complexity index is 1390. The number of benzene rings is 1. The molecule has 0 aliphatic carbocycles. The molecule has 0 saturated carbocycles. The van der Waals surface area contributed by atoms with Gasteiger partial charge in [-0.1, -0.05) is 12.0 Å². The number of rotatable bonds is 6. The van der Waals surface area contributed by atoms with E-state index in [0.29, 0.717) is 35.2 Å². The number of nitrogens with two attached hydrogens (primary N) is 1. The smallest absolute Gasteiger partial charge is 0.332 e. The lowest BCUT2D eigenvalue weighted by Crippen LogP contribution is -2.44. The Morgan fingerprint density at radius 3 is 2.62 bits per heavy atom. The molecule has 0 radical (unpaired) electrons. The fourth-order valence-electron chi connectivity index (χ4n) is 4.40. The summed E-state index contributed by atoms with van der Waals surface area (Å²) >= 11 is 0. The molecule has 0 amide bonds. The van der Waals surface area contributed by atoms with Crippen LogP contribution in [0.4, 0.5) is 5.95 Å². The van der Waals surface area contributed by atoms with E-state index < -0.39 is 11.2 Å². The van der Waals surface area contributed by atoms with Gasteiger partial charge in [-0.15, -0.1) is 5.92 Å². The second kappa shape index (κ2) is 9.65. The van der Waals surface area contributed by atoms with E-state index in [0.717, 1.165) is 24.9 Å². The first-order valence-electron chi connectivity index (χ1n) is 11.2. The molecule has 3 aromatic rings. The Morgan fingerprint density at radius 1 is 1.18 bits per heavy atom. The van der Waals surface area contributed by atoms with Gasteiger partial charge in [0.25, 0.3) is 5.56 Å². The average molecular weight is 467 g/mol. The summed E-state index contributed by atoms with van der Waals surface area (Å²) in [7, 11) is 4.73. The lowest BCUT2D eigenvalue weighted by molar-refractivity contribution is 0.354. The summed E-state index contributed by atoms with van der Waals surface area (Å²) in [5.41, 5.74) is 6.76. The molecule has 2 aromatic heterocycles. The minimum Gasteiger partial charge on any atom is -0.493 e. The number of nitrogens with zero attached hydrogens (tertiary/aromatic N) is 5. The maximum atomic E-state index is 13.7. The summed E-state index contributed by atoms with van der Waals surface area (Å²) in [6.07, 6.45) is 1.88. The zero-order valence-electron chi connectivity index (χ0n) is 20.0. The number of piperidine rings is 1. The van der Waals surface area contributed by atoms with Crippen LogP contribution in [0.15, 0.2) is 27.8 Å². The van der Waals surface area contributed by atoms with E-state index >= 15 is 0 Å². The van der Waals surface area contributed by atoms with Gasteiger partial charge in [0.05, 0.1) is 27.3 Å². The number of imidazole rings is 1. The number of aromatic nitrogens is 4. The van der Waals surface area contributed by atoms with Gasteiger partial charge >= 0.3 is 5.69 Å². The van der Waals surface area contributed by atoms with Gasteiger partial charge in [0.2, 0.25) is 5.95 Å². The molecule has 34 heavy (non-hydrogen) atoms. The molecular formula is C24H30N6O4. The Hall–Kier alpha value is -3.71. The summed E-state index contributed by atoms with van der Waals surface area (Å²) in [6, 6.07) is 5.35. The van der Waals surface area contributed by atoms with Crippen molar-refractivity contribution in [2.45, 2.75) is 38.9 Å². The Kier molecular flexibility index (Phi) is 6.65. The summed E-state index contributed by atoms with van der Waals surface area (Å²) in [5, 5.41) is 0. The Morgan fingerprint density at radius 2 is 1.94 bits per heavy atom. The predicted octanol–water partition coefficient (Wildman–Crippen LogP) is 0.913. The van der Waals surface area contributed by atoms with E-state index in [4.69, 9.17) is 20.2 Å². The van der Waals surface area contributed by atoms with Gasteiger partial charge in [0.15, 0.2) is 22.7 Å². The molecule has 0 bridgehead atoms. The van der Waals surface area contributed by atoms with Crippen LogP contribution < -0.4 is 31.4 Å². The van der Waals surface area contributed by atoms with Gasteiger partial charge < -0.3 is 20.1 Å². The van der Waals surface area contributed by atoms with Crippen LogP contribution in [0.3, 0.4) is 0 Å². The van der Waals surface area contributed by atoms with E-state index in [2.05, 4.69) is 16.7 Å². The number of methoxy groups -OCH3 is 2. The molecule has 1 unspecified atom stereocenters. The third kappa shape index (κ3) is 4.15. The molecule has 1 aliphatic rings. The maximum absolute atomic E-state index is 13.7. The molecule has 4 rings (SSSR count). The van der Waals surface area contributed by atoms with Crippen LogP contribution >= 0.6 is 0 Å². The maximum Gasteiger partial charge on any atom is 0.332 e. The van der Waals surface area contributed by atoms with Crippen LogP contribution in [0.25, 0.3) is 11.2 Å². The molecule has 1 aliphatic heterocycles. The lowest BCUT2D eigenvalue weighted by atomic mass is 10.1. The molecule has 10 heteroatoms. The van der Waals surface area contributed by atoms with Crippen LogP contribution in [0.5, 0.6) is 11.5 Å². The number of aryl methyl sites for hydroxylation is 1. The van der Waals surface area contributed by atoms with Crippen molar-refractivity contribution in [3.05, 3.63) is 44.6 Å². The van der Waals surface area contributed by atoms with E-state index in [-0.39, 0.29) is 19.1 Å². The minimum atomic E-state index is -0.444. The third-order valence-corrected chi connectivity index (χ3v) is 6.16. The van der Waals surface area contributed by atoms with Crippen LogP contribution in [-0.2, 0) is 20.1 Å². The highest BCUT2D eigenvalue weighted by Crippen LogP contribution is 2.28. The highest BCUT2D eigenvalue weighted by Gasteiger charge is 2.26. The summed E-state index contributed by atoms with van der Waals surface area (Å²) in [6.45, 7) is 3.54. The van der Waals surface area contributed by atoms with Crippen molar-refractivity contribution in [1.29, 1.82) is 0 Å². The topological polar surface area (TPSA) is 110 Å². The van der Waals surface area contributed by atoms with Crippen LogP contribution in [0.2, 0.25) is 0 Å². The van der Waals surface area contributed by atoms with Crippen LogP contribution in [0.1, 0.15) is 25.3 Å². The Balaban J connectivity index is 1.89. The predicted molar refractivity (Wildman–Crippen MR) is 131 cm³/mol. The standard InChI is InChI=1S/C24H30N6O4/c1-5-6-12-29-20-21(26-23(29)28-11-7-8-17(25)15-28)27(2)24(32)30(22(20)31)14-16-9-10-18(33-3)19(13-16)34-4/h9-10,13,17H,7-8,11-12,14-15,25H2,1-4H3. The monoisotopic (exact) mass is 466 g/mol. The first-order valence-corrected chi connectivity index (χ1v) is 11.2. The zero-order chi connectivity index (χ0) is 24.4. The fraction of sp³-hybridized carbons (Fsp3) is 0.458. The number of hydrogen-bond donors (Lipinski definition) is 1. The van der Waals surface area contributed by atoms with Gasteiger partial charge in [-0.25, -0.2) is 4.79 Å². The van der Waals surface area contributed by atoms with Crippen molar-refractivity contribution >= 4 is 17.1 Å². The summed E-state index contributed by atoms with van der Waals surface area (Å²) < 4.78 is 15.1. The van der Waals surface area contributed by atoms with Gasteiger partial charge in [-0.2, -0.15) is 4.98 Å². The average Bonchev–Trinajstić information content (AvgIpc) is 3.23. The van der Waals surface area contributed by atoms with Gasteiger partial charge in [0.1, 0.15) is 0 Å². The molecule has 180 valence electrons. The van der Waals surface area contributed by atoms with E-state index in [1.165, 1.54) is 9.13 Å². The summed E-state index contributed by atoms with van der Waals surface area (Å²) in [4.78, 5) is 33.7. The van der Waals surface area contributed by atoms with Crippen LogP contribution in [0, 0.1) is 11.8 Å². The van der Waals surface area contributed by atoms with E-state index in [1.807, 2.05) is 0 Å². The molecule has 1 aromatic carbocycles. The Labute approximate surface area is 197 Å². The zero-order valence-corrected chi connectivity index (χ0v) is 20.0. The molecule has 1 fully saturated rings. The van der Waals surface area contributed by atoms with Crippen molar-refractivity contribution in [3.63, 3.8) is 0 Å². The normalized spacial score (nSPS) is 15.8. The molecule has 0 spiro atoms. The quantitative estimate of drug-likeness (QED) is 0.538. The van der Waals surface area contributed by atoms with E-state index in [9.17, 15) is 9.59 Å². The van der Waals surface area contributed by atoms with Crippen molar-refractivity contribution < 1.29 is 9.47 Å². The van der Waals surface area contributed by atoms with Crippen molar-refractivity contribution in [2.75, 3.05) is 32.2 Å². The number of anilines is 1. The highest BCUT2D eigenvalue weighted by atomic mass is 16.5. The second-order valence-electron chi connectivity index (χ2n) is 8.37. The molecular weight excluding hydrogens is 436 g/mol. The fourth-order valence-corrected chi connectivity index (χ4v) is 4.40. The minimum absolute atomic E-state index is 0.0322. The first-order chi connectivity index (χ1) is 16.4. The van der Waals surface area contributed by atoms with E-state index in [1.54, 1.807) is 51.0 Å². The molecule has 1 saturated heterocycles. The lowest BCUT2D eigenvalue weighted by Gasteiger charge is -2.31. The van der Waals surface area contributed by atoms with Gasteiger partial charge in [0, 0.05) is 26.2 Å². The largest absolute Gasteiger partial charge is 0.493 e. The summed E-state index contributed by atoms with van der Waals surface area (Å²) in [5.74, 6) is 7.64. The molecule has 3 heterocycles. The molecule has 10 nitrogen and oxygen atoms in total. The number of fused-ring (bicyclic) bond motifs is 1. The second-order valence-corrected chi connectivity index (χ2v) is 8.37. The molecule has 1 atom stereocenters.